The van der Waals surface area contributed by atoms with Gasteiger partial charge in [0.1, 0.15) is 0 Å². The lowest BCUT2D eigenvalue weighted by Crippen LogP contribution is -2.16. The number of ether oxygens (including phenoxy) is 1. The molecule has 0 aliphatic heterocycles. The molecule has 0 aromatic rings. The molecular weight excluding hydrogens is 120 g/mol. The van der Waals surface area contributed by atoms with Crippen LogP contribution in [-0.2, 0) is 9.84 Å². The molecule has 0 atom stereocenters. The van der Waals surface area contributed by atoms with E-state index in [0.717, 1.165) is 0 Å². The Kier molecular flexibility index (Phi) is 2.49. The summed E-state index contributed by atoms with van der Waals surface area (Å²) in [4.78, 5) is 9.71. The van der Waals surface area contributed by atoms with Crippen molar-refractivity contribution in [2.24, 2.45) is 5.41 Å². The number of hydrogen-bond acceptors (Lipinski definition) is 2. The molecule has 0 aliphatic carbocycles. The van der Waals surface area contributed by atoms with E-state index >= 15 is 0 Å². The maximum atomic E-state index is 9.71. The highest BCUT2D eigenvalue weighted by atomic mass is 16.7. The molecule has 1 radical (unpaired) electrons. The Morgan fingerprint density at radius 2 is 1.89 bits per heavy atom. The molecule has 0 aromatic heterocycles. The summed E-state index contributed by atoms with van der Waals surface area (Å²) in [5.74, 6) is 0. The van der Waals surface area contributed by atoms with Gasteiger partial charge in [0.25, 0.3) is 0 Å². The van der Waals surface area contributed by atoms with Crippen LogP contribution >= 0.6 is 0 Å². The maximum Gasteiger partial charge on any atom is 0.550 e. The van der Waals surface area contributed by atoms with Crippen LogP contribution in [0.2, 0.25) is 0 Å². The largest absolute Gasteiger partial charge is 0.550 e. The van der Waals surface area contributed by atoms with Crippen LogP contribution in [0.1, 0.15) is 20.8 Å². The van der Waals surface area contributed by atoms with Crippen molar-refractivity contribution in [2.75, 3.05) is 6.61 Å². The van der Waals surface area contributed by atoms with Crippen LogP contribution in [0.3, 0.4) is 0 Å². The third-order valence-electron chi connectivity index (χ3n) is 0.623. The van der Waals surface area contributed by atoms with Crippen LogP contribution in [0.15, 0.2) is 0 Å². The first-order valence-electron chi connectivity index (χ1n) is 2.75. The van der Waals surface area contributed by atoms with E-state index in [9.17, 15) is 9.90 Å². The summed E-state index contributed by atoms with van der Waals surface area (Å²) < 4.78 is 4.21. The van der Waals surface area contributed by atoms with Gasteiger partial charge in [-0.25, -0.2) is 0 Å². The molecule has 0 amide bonds. The van der Waals surface area contributed by atoms with Gasteiger partial charge < -0.3 is 4.74 Å². The first kappa shape index (κ1) is 8.27. The summed E-state index contributed by atoms with van der Waals surface area (Å²) in [7, 11) is 0. The average molecular weight is 131 g/mol. The SMILES string of the molecule is CC(C)(C)COC([O])=O. The number of carbonyl (C=O) groups excluding carboxylic acids is 1. The monoisotopic (exact) mass is 131 g/mol. The summed E-state index contributed by atoms with van der Waals surface area (Å²) >= 11 is 0. The van der Waals surface area contributed by atoms with Crippen LogP contribution in [0.4, 0.5) is 4.79 Å². The molecule has 0 bridgehead atoms. The highest BCUT2D eigenvalue weighted by Gasteiger charge is 2.12. The third kappa shape index (κ3) is 7.27. The van der Waals surface area contributed by atoms with Crippen molar-refractivity contribution in [3.8, 4) is 0 Å². The third-order valence-corrected chi connectivity index (χ3v) is 0.623. The predicted octanol–water partition coefficient (Wildman–Crippen LogP) is 1.60. The van der Waals surface area contributed by atoms with Gasteiger partial charge in [-0.05, 0) is 5.41 Å². The average Bonchev–Trinajstić information content (AvgIpc) is 1.59. The molecule has 0 spiro atoms. The normalized spacial score (nSPS) is 11.0. The highest BCUT2D eigenvalue weighted by Crippen LogP contribution is 2.12. The molecule has 0 fully saturated rings. The van der Waals surface area contributed by atoms with Crippen LogP contribution in [-0.4, -0.2) is 12.8 Å². The Morgan fingerprint density at radius 1 is 1.44 bits per heavy atom. The lowest BCUT2D eigenvalue weighted by molar-refractivity contribution is 0.0425. The Morgan fingerprint density at radius 3 is 2.00 bits per heavy atom. The molecule has 3 nitrogen and oxygen atoms in total. The summed E-state index contributed by atoms with van der Waals surface area (Å²) in [6, 6.07) is 0. The van der Waals surface area contributed by atoms with Crippen LogP contribution < -0.4 is 0 Å². The van der Waals surface area contributed by atoms with E-state index in [1.807, 2.05) is 20.8 Å². The van der Waals surface area contributed by atoms with Crippen LogP contribution in [0, 0.1) is 5.41 Å². The summed E-state index contributed by atoms with van der Waals surface area (Å²) in [5, 5.41) is 9.71. The lowest BCUT2D eigenvalue weighted by Gasteiger charge is -2.15. The molecule has 0 aromatic carbocycles. The van der Waals surface area contributed by atoms with Crippen LogP contribution in [0.5, 0.6) is 0 Å². The standard InChI is InChI=1S/C6H11O3/c1-6(2,3)4-9-5(7)8/h4H2,1-3H3. The van der Waals surface area contributed by atoms with Gasteiger partial charge in [-0.3, -0.25) is 0 Å². The second-order valence-corrected chi connectivity index (χ2v) is 3.10. The highest BCUT2D eigenvalue weighted by molar-refractivity contribution is 5.56. The Bertz CT molecular complexity index is 101. The molecule has 53 valence electrons. The Balaban J connectivity index is 3.39. The molecule has 0 rings (SSSR count). The molecule has 0 unspecified atom stereocenters. The Hall–Kier alpha value is -0.730. The van der Waals surface area contributed by atoms with Crippen molar-refractivity contribution in [3.05, 3.63) is 0 Å². The zero-order valence-corrected chi connectivity index (χ0v) is 5.93. The molecular formula is C6H11O3. The number of hydrogen-bond donors (Lipinski definition) is 0. The van der Waals surface area contributed by atoms with Gasteiger partial charge in [0.05, 0.1) is 6.61 Å². The summed E-state index contributed by atoms with van der Waals surface area (Å²) in [5.41, 5.74) is -0.111. The summed E-state index contributed by atoms with van der Waals surface area (Å²) in [6.45, 7) is 5.84. The minimum absolute atomic E-state index is 0.111. The molecule has 3 heteroatoms. The minimum Gasteiger partial charge on any atom is -0.431 e. The van der Waals surface area contributed by atoms with Crippen molar-refractivity contribution in [2.45, 2.75) is 20.8 Å². The van der Waals surface area contributed by atoms with E-state index in [0.29, 0.717) is 0 Å². The number of carbonyl (C=O) groups is 1. The fourth-order valence-electron chi connectivity index (χ4n) is 0.275. The fourth-order valence-corrected chi connectivity index (χ4v) is 0.275. The Labute approximate surface area is 54.6 Å². The van der Waals surface area contributed by atoms with Crippen molar-refractivity contribution >= 4 is 6.16 Å². The quantitative estimate of drug-likeness (QED) is 0.507. The van der Waals surface area contributed by atoms with Gasteiger partial charge in [0.2, 0.25) is 0 Å². The van der Waals surface area contributed by atoms with E-state index in [2.05, 4.69) is 4.74 Å². The van der Waals surface area contributed by atoms with Gasteiger partial charge in [-0.1, -0.05) is 20.8 Å². The zero-order chi connectivity index (χ0) is 7.49. The second kappa shape index (κ2) is 2.71. The van der Waals surface area contributed by atoms with E-state index < -0.39 is 6.16 Å². The van der Waals surface area contributed by atoms with Gasteiger partial charge in [-0.2, -0.15) is 9.90 Å². The number of rotatable bonds is 1. The van der Waals surface area contributed by atoms with Gasteiger partial charge in [0.15, 0.2) is 0 Å². The topological polar surface area (TPSA) is 46.2 Å². The molecule has 0 aliphatic rings. The second-order valence-electron chi connectivity index (χ2n) is 3.10. The molecule has 0 saturated carbocycles. The lowest BCUT2D eigenvalue weighted by atomic mass is 9.99. The van der Waals surface area contributed by atoms with Gasteiger partial charge in [0, 0.05) is 0 Å². The maximum absolute atomic E-state index is 9.71. The fraction of sp³-hybridized carbons (Fsp3) is 0.833. The van der Waals surface area contributed by atoms with Gasteiger partial charge >= 0.3 is 6.16 Å². The zero-order valence-electron chi connectivity index (χ0n) is 5.93. The first-order valence-corrected chi connectivity index (χ1v) is 2.75. The van der Waals surface area contributed by atoms with E-state index in [4.69, 9.17) is 0 Å². The smallest absolute Gasteiger partial charge is 0.431 e. The minimum atomic E-state index is -1.45. The molecule has 9 heavy (non-hydrogen) atoms. The van der Waals surface area contributed by atoms with Crippen molar-refractivity contribution in [1.29, 1.82) is 0 Å². The first-order chi connectivity index (χ1) is 3.92. The van der Waals surface area contributed by atoms with Crippen molar-refractivity contribution in [3.63, 3.8) is 0 Å². The van der Waals surface area contributed by atoms with Crippen molar-refractivity contribution < 1.29 is 14.6 Å². The molecule has 0 N–H and O–H groups in total. The van der Waals surface area contributed by atoms with E-state index in [1.165, 1.54) is 0 Å². The molecule has 0 heterocycles. The summed E-state index contributed by atoms with van der Waals surface area (Å²) in [6.07, 6.45) is -1.45. The molecule has 0 saturated heterocycles. The van der Waals surface area contributed by atoms with Crippen LogP contribution in [0.25, 0.3) is 0 Å². The van der Waals surface area contributed by atoms with Gasteiger partial charge in [-0.15, -0.1) is 0 Å². The van der Waals surface area contributed by atoms with E-state index in [-0.39, 0.29) is 12.0 Å². The van der Waals surface area contributed by atoms with E-state index in [1.54, 1.807) is 0 Å². The predicted molar refractivity (Wildman–Crippen MR) is 31.5 cm³/mol. The van der Waals surface area contributed by atoms with Crippen molar-refractivity contribution in [1.82, 2.24) is 0 Å².